The Kier molecular flexibility index (Phi) is 6.07. The molecular formula is C23H22N4O5S. The molecule has 0 unspecified atom stereocenters. The molecule has 170 valence electrons. The Labute approximate surface area is 194 Å². The smallest absolute Gasteiger partial charge is 0.231 e. The summed E-state index contributed by atoms with van der Waals surface area (Å²) in [5, 5.41) is 12.1. The fraction of sp³-hybridized carbons (Fsp3) is 0.261. The number of allylic oxidation sites excluding steroid dienone is 1. The lowest BCUT2D eigenvalue weighted by Crippen LogP contribution is -2.25. The molecule has 0 radical (unpaired) electrons. The Hall–Kier alpha value is -3.66. The minimum absolute atomic E-state index is 0.112. The number of carbonyl (C=O) groups excluding carboxylic acids is 1. The van der Waals surface area contributed by atoms with E-state index in [1.165, 1.54) is 11.8 Å². The summed E-state index contributed by atoms with van der Waals surface area (Å²) in [4.78, 5) is 12.4. The van der Waals surface area contributed by atoms with Crippen molar-refractivity contribution in [2.75, 3.05) is 19.2 Å². The van der Waals surface area contributed by atoms with Gasteiger partial charge in [0.15, 0.2) is 40.1 Å². The molecule has 0 spiro atoms. The van der Waals surface area contributed by atoms with Gasteiger partial charge in [-0.05, 0) is 29.8 Å². The highest BCUT2D eigenvalue weighted by Gasteiger charge is 2.28. The van der Waals surface area contributed by atoms with Gasteiger partial charge in [0, 0.05) is 13.1 Å². The third-order valence-corrected chi connectivity index (χ3v) is 6.08. The molecule has 3 aromatic rings. The first-order chi connectivity index (χ1) is 16.2. The number of aromatic nitrogens is 3. The van der Waals surface area contributed by atoms with Gasteiger partial charge < -0.3 is 24.3 Å². The number of fused-ring (bicyclic) bond motifs is 2. The molecular weight excluding hydrogens is 444 g/mol. The van der Waals surface area contributed by atoms with E-state index in [4.69, 9.17) is 18.9 Å². The molecule has 1 aromatic heterocycles. The van der Waals surface area contributed by atoms with Crippen LogP contribution in [0, 0.1) is 0 Å². The van der Waals surface area contributed by atoms with Crippen molar-refractivity contribution in [2.24, 2.45) is 0 Å². The molecule has 0 fully saturated rings. The molecule has 2 aromatic carbocycles. The van der Waals surface area contributed by atoms with Crippen molar-refractivity contribution < 1.29 is 23.7 Å². The van der Waals surface area contributed by atoms with Crippen LogP contribution in [-0.2, 0) is 17.9 Å². The van der Waals surface area contributed by atoms with Gasteiger partial charge in [-0.3, -0.25) is 9.36 Å². The average Bonchev–Trinajstić information content (AvgIpc) is 3.48. The minimum Gasteiger partial charge on any atom is -0.485 e. The quantitative estimate of drug-likeness (QED) is 0.400. The second-order valence-corrected chi connectivity index (χ2v) is 8.30. The summed E-state index contributed by atoms with van der Waals surface area (Å²) < 4.78 is 24.5. The largest absolute Gasteiger partial charge is 0.485 e. The van der Waals surface area contributed by atoms with Gasteiger partial charge in [0.25, 0.3) is 0 Å². The lowest BCUT2D eigenvalue weighted by molar-refractivity contribution is -0.118. The van der Waals surface area contributed by atoms with Crippen LogP contribution in [0.2, 0.25) is 0 Å². The van der Waals surface area contributed by atoms with Crippen LogP contribution in [0.1, 0.15) is 17.5 Å². The zero-order valence-electron chi connectivity index (χ0n) is 17.7. The molecule has 2 aliphatic heterocycles. The summed E-state index contributed by atoms with van der Waals surface area (Å²) in [5.74, 6) is 3.50. The Morgan fingerprint density at radius 3 is 2.82 bits per heavy atom. The summed E-state index contributed by atoms with van der Waals surface area (Å²) >= 11 is 1.31. The second kappa shape index (κ2) is 9.45. The monoisotopic (exact) mass is 466 g/mol. The van der Waals surface area contributed by atoms with Crippen molar-refractivity contribution in [3.05, 3.63) is 66.5 Å². The molecule has 1 N–H and O–H groups in total. The molecule has 1 atom stereocenters. The first kappa shape index (κ1) is 21.2. The Balaban J connectivity index is 1.20. The Morgan fingerprint density at radius 1 is 1.12 bits per heavy atom. The van der Waals surface area contributed by atoms with Crippen molar-refractivity contribution in [1.82, 2.24) is 20.1 Å². The third-order valence-electron chi connectivity index (χ3n) is 5.11. The number of para-hydroxylation sites is 2. The van der Waals surface area contributed by atoms with E-state index in [1.54, 1.807) is 6.08 Å². The highest BCUT2D eigenvalue weighted by atomic mass is 32.2. The SMILES string of the molecule is C=CCn1c(SCC(=O)NCc2ccc3c(c2)OCO3)nnc1[C@H]1COc2ccccc2O1. The maximum Gasteiger partial charge on any atom is 0.231 e. The standard InChI is InChI=1S/C23H22N4O5S/c1-2-9-27-22(20-12-29-16-5-3-4-6-18(16)32-20)25-26-23(27)33-13-21(28)24-11-15-7-8-17-19(10-15)31-14-30-17/h2-8,10,20H,1,9,11-14H2,(H,24,28)/t20-/m1/s1. The van der Waals surface area contributed by atoms with Gasteiger partial charge in [0.2, 0.25) is 12.7 Å². The summed E-state index contributed by atoms with van der Waals surface area (Å²) in [6.07, 6.45) is 1.36. The number of thioether (sulfide) groups is 1. The summed E-state index contributed by atoms with van der Waals surface area (Å²) in [5.41, 5.74) is 0.935. The number of amides is 1. The number of rotatable bonds is 8. The number of carbonyl (C=O) groups is 1. The fourth-order valence-corrected chi connectivity index (χ4v) is 4.31. The minimum atomic E-state index is -0.401. The first-order valence-electron chi connectivity index (χ1n) is 10.4. The molecule has 0 saturated carbocycles. The van der Waals surface area contributed by atoms with Crippen LogP contribution in [0.5, 0.6) is 23.0 Å². The highest BCUT2D eigenvalue weighted by molar-refractivity contribution is 7.99. The van der Waals surface area contributed by atoms with E-state index in [0.29, 0.717) is 53.7 Å². The summed E-state index contributed by atoms with van der Waals surface area (Å²) in [6.45, 7) is 5.26. The van der Waals surface area contributed by atoms with Gasteiger partial charge in [-0.1, -0.05) is 36.0 Å². The highest BCUT2D eigenvalue weighted by Crippen LogP contribution is 2.36. The lowest BCUT2D eigenvalue weighted by Gasteiger charge is -2.26. The van der Waals surface area contributed by atoms with Gasteiger partial charge >= 0.3 is 0 Å². The van der Waals surface area contributed by atoms with Crippen LogP contribution in [0.4, 0.5) is 0 Å². The zero-order valence-corrected chi connectivity index (χ0v) is 18.5. The van der Waals surface area contributed by atoms with Crippen LogP contribution in [0.25, 0.3) is 0 Å². The fourth-order valence-electron chi connectivity index (χ4n) is 3.53. The number of hydrogen-bond acceptors (Lipinski definition) is 8. The van der Waals surface area contributed by atoms with Crippen LogP contribution in [0.3, 0.4) is 0 Å². The Morgan fingerprint density at radius 2 is 1.94 bits per heavy atom. The van der Waals surface area contributed by atoms with Crippen molar-refractivity contribution in [1.29, 1.82) is 0 Å². The van der Waals surface area contributed by atoms with E-state index >= 15 is 0 Å². The van der Waals surface area contributed by atoms with Crippen LogP contribution < -0.4 is 24.3 Å². The average molecular weight is 467 g/mol. The predicted molar refractivity (Wildman–Crippen MR) is 121 cm³/mol. The zero-order chi connectivity index (χ0) is 22.6. The molecule has 1 amide bonds. The molecule has 2 aliphatic rings. The van der Waals surface area contributed by atoms with E-state index in [9.17, 15) is 4.79 Å². The second-order valence-electron chi connectivity index (χ2n) is 7.36. The summed E-state index contributed by atoms with van der Waals surface area (Å²) in [7, 11) is 0. The van der Waals surface area contributed by atoms with Crippen molar-refractivity contribution in [3.63, 3.8) is 0 Å². The normalized spacial score (nSPS) is 15.8. The van der Waals surface area contributed by atoms with Gasteiger partial charge in [-0.2, -0.15) is 0 Å². The number of nitrogens with one attached hydrogen (secondary N) is 1. The molecule has 0 saturated heterocycles. The van der Waals surface area contributed by atoms with Crippen LogP contribution in [0.15, 0.2) is 60.3 Å². The van der Waals surface area contributed by atoms with E-state index in [2.05, 4.69) is 22.1 Å². The molecule has 3 heterocycles. The molecule has 10 heteroatoms. The predicted octanol–water partition coefficient (Wildman–Crippen LogP) is 3.11. The number of ether oxygens (including phenoxy) is 4. The third kappa shape index (κ3) is 4.61. The van der Waals surface area contributed by atoms with E-state index < -0.39 is 6.10 Å². The van der Waals surface area contributed by atoms with Crippen molar-refractivity contribution >= 4 is 17.7 Å². The lowest BCUT2D eigenvalue weighted by atomic mass is 10.2. The van der Waals surface area contributed by atoms with E-state index in [-0.39, 0.29) is 18.5 Å². The molecule has 0 aliphatic carbocycles. The first-order valence-corrected chi connectivity index (χ1v) is 11.4. The van der Waals surface area contributed by atoms with Crippen LogP contribution in [-0.4, -0.2) is 39.8 Å². The molecule has 9 nitrogen and oxygen atoms in total. The maximum absolute atomic E-state index is 12.4. The molecule has 33 heavy (non-hydrogen) atoms. The molecule has 5 rings (SSSR count). The van der Waals surface area contributed by atoms with Crippen LogP contribution >= 0.6 is 11.8 Å². The number of hydrogen-bond donors (Lipinski definition) is 1. The number of benzene rings is 2. The maximum atomic E-state index is 12.4. The van der Waals surface area contributed by atoms with Crippen molar-refractivity contribution in [3.8, 4) is 23.0 Å². The van der Waals surface area contributed by atoms with E-state index in [0.717, 1.165) is 5.56 Å². The van der Waals surface area contributed by atoms with Gasteiger partial charge in [0.1, 0.15) is 6.61 Å². The topological polar surface area (TPSA) is 96.7 Å². The van der Waals surface area contributed by atoms with E-state index in [1.807, 2.05) is 47.0 Å². The Bertz CT molecular complexity index is 1180. The van der Waals surface area contributed by atoms with Gasteiger partial charge in [-0.15, -0.1) is 16.8 Å². The van der Waals surface area contributed by atoms with Crippen molar-refractivity contribution in [2.45, 2.75) is 24.3 Å². The molecule has 0 bridgehead atoms. The summed E-state index contributed by atoms with van der Waals surface area (Å²) in [6, 6.07) is 13.1. The number of nitrogens with zero attached hydrogens (tertiary/aromatic N) is 3. The van der Waals surface area contributed by atoms with Gasteiger partial charge in [-0.25, -0.2) is 0 Å². The van der Waals surface area contributed by atoms with Gasteiger partial charge in [0.05, 0.1) is 5.75 Å².